The quantitative estimate of drug-likeness (QED) is 0.723. The van der Waals surface area contributed by atoms with Gasteiger partial charge in [-0.05, 0) is 18.4 Å². The third-order valence-electron chi connectivity index (χ3n) is 3.11. The molecular formula is C12H18O2Si. The van der Waals surface area contributed by atoms with Crippen LogP contribution in [-0.2, 0) is 14.6 Å². The van der Waals surface area contributed by atoms with Crippen molar-refractivity contribution in [3.05, 3.63) is 35.9 Å². The second kappa shape index (κ2) is 5.12. The maximum atomic E-state index is 11.9. The fourth-order valence-corrected chi connectivity index (χ4v) is 2.41. The van der Waals surface area contributed by atoms with Crippen molar-refractivity contribution in [3.63, 3.8) is 0 Å². The fourth-order valence-electron chi connectivity index (χ4n) is 2.02. The summed E-state index contributed by atoms with van der Waals surface area (Å²) in [4.78, 5) is 11.9. The average Bonchev–Trinajstić information content (AvgIpc) is 2.32. The molecule has 0 atom stereocenters. The normalized spacial score (nSPS) is 11.3. The standard InChI is InChI=1S/C12H18O2Si/c1-3-12(4-2,11(13)14-15)10-8-6-5-7-9-10/h5-9H,3-4H2,1-2,15H3. The van der Waals surface area contributed by atoms with Crippen LogP contribution in [0.2, 0.25) is 0 Å². The molecule has 0 radical (unpaired) electrons. The molecule has 0 N–H and O–H groups in total. The monoisotopic (exact) mass is 222 g/mol. The van der Waals surface area contributed by atoms with Gasteiger partial charge < -0.3 is 4.43 Å². The topological polar surface area (TPSA) is 26.3 Å². The second-order valence-corrected chi connectivity index (χ2v) is 4.06. The third kappa shape index (κ3) is 2.12. The van der Waals surface area contributed by atoms with Gasteiger partial charge in [-0.1, -0.05) is 44.2 Å². The maximum absolute atomic E-state index is 11.9. The molecule has 0 aliphatic rings. The number of rotatable bonds is 4. The van der Waals surface area contributed by atoms with Gasteiger partial charge in [-0.15, -0.1) is 0 Å². The third-order valence-corrected chi connectivity index (χ3v) is 3.48. The molecule has 1 aromatic rings. The van der Waals surface area contributed by atoms with Gasteiger partial charge in [-0.2, -0.15) is 0 Å². The van der Waals surface area contributed by atoms with Gasteiger partial charge in [0.05, 0.1) is 5.41 Å². The molecule has 0 amide bonds. The molecule has 0 saturated carbocycles. The molecule has 1 aromatic carbocycles. The van der Waals surface area contributed by atoms with E-state index in [9.17, 15) is 4.79 Å². The van der Waals surface area contributed by atoms with Crippen LogP contribution in [0.4, 0.5) is 0 Å². The van der Waals surface area contributed by atoms with E-state index in [1.165, 1.54) is 0 Å². The first-order valence-electron chi connectivity index (χ1n) is 5.35. The molecule has 1 rings (SSSR count). The number of benzene rings is 1. The summed E-state index contributed by atoms with van der Waals surface area (Å²) >= 11 is 0. The minimum absolute atomic E-state index is 0.0784. The van der Waals surface area contributed by atoms with Crippen LogP contribution in [0, 0.1) is 0 Å². The molecular weight excluding hydrogens is 204 g/mol. The Labute approximate surface area is 94.2 Å². The SMILES string of the molecule is CCC(CC)(C(=O)O[SiH3])c1ccccc1. The predicted molar refractivity (Wildman–Crippen MR) is 64.7 cm³/mol. The lowest BCUT2D eigenvalue weighted by molar-refractivity contribution is -0.141. The van der Waals surface area contributed by atoms with Crippen molar-refractivity contribution in [3.8, 4) is 0 Å². The molecule has 0 unspecified atom stereocenters. The summed E-state index contributed by atoms with van der Waals surface area (Å²) in [7, 11) is 0.464. The van der Waals surface area contributed by atoms with Crippen molar-refractivity contribution in [2.24, 2.45) is 0 Å². The van der Waals surface area contributed by atoms with Gasteiger partial charge >= 0.3 is 5.97 Å². The Bertz CT molecular complexity index is 318. The summed E-state index contributed by atoms with van der Waals surface area (Å²) in [6, 6.07) is 9.91. The minimum atomic E-state index is -0.441. The summed E-state index contributed by atoms with van der Waals surface area (Å²) in [5, 5.41) is 0. The molecule has 82 valence electrons. The number of carbonyl (C=O) groups excluding carboxylic acids is 1. The Balaban J connectivity index is 3.17. The lowest BCUT2D eigenvalue weighted by Crippen LogP contribution is -2.35. The molecule has 0 aliphatic heterocycles. The van der Waals surface area contributed by atoms with Crippen LogP contribution in [0.15, 0.2) is 30.3 Å². The Kier molecular flexibility index (Phi) is 4.09. The van der Waals surface area contributed by atoms with Crippen LogP contribution in [-0.4, -0.2) is 16.5 Å². The van der Waals surface area contributed by atoms with E-state index in [0.29, 0.717) is 10.5 Å². The van der Waals surface area contributed by atoms with Crippen molar-refractivity contribution in [1.82, 2.24) is 0 Å². The van der Waals surface area contributed by atoms with E-state index in [2.05, 4.69) is 0 Å². The van der Waals surface area contributed by atoms with Crippen LogP contribution < -0.4 is 0 Å². The van der Waals surface area contributed by atoms with Crippen molar-refractivity contribution >= 4 is 16.5 Å². The van der Waals surface area contributed by atoms with Gasteiger partial charge in [-0.25, -0.2) is 0 Å². The Morgan fingerprint density at radius 2 is 1.80 bits per heavy atom. The number of hydrogen-bond donors (Lipinski definition) is 0. The van der Waals surface area contributed by atoms with Crippen molar-refractivity contribution in [2.45, 2.75) is 32.1 Å². The van der Waals surface area contributed by atoms with Gasteiger partial charge in [0.25, 0.3) is 0 Å². The number of hydrogen-bond acceptors (Lipinski definition) is 2. The van der Waals surface area contributed by atoms with Crippen molar-refractivity contribution < 1.29 is 9.22 Å². The van der Waals surface area contributed by atoms with Crippen molar-refractivity contribution in [1.29, 1.82) is 0 Å². The molecule has 0 aromatic heterocycles. The van der Waals surface area contributed by atoms with Crippen LogP contribution >= 0.6 is 0 Å². The molecule has 3 heteroatoms. The van der Waals surface area contributed by atoms with Gasteiger partial charge in [0.15, 0.2) is 0 Å². The van der Waals surface area contributed by atoms with E-state index in [1.807, 2.05) is 44.2 Å². The highest BCUT2D eigenvalue weighted by Gasteiger charge is 2.37. The highest BCUT2D eigenvalue weighted by Crippen LogP contribution is 2.32. The Hall–Kier alpha value is -1.09. The summed E-state index contributed by atoms with van der Waals surface area (Å²) in [5.41, 5.74) is 0.624. The van der Waals surface area contributed by atoms with Crippen LogP contribution in [0.25, 0.3) is 0 Å². The lowest BCUT2D eigenvalue weighted by Gasteiger charge is -2.29. The molecule has 0 bridgehead atoms. The molecule has 15 heavy (non-hydrogen) atoms. The molecule has 0 saturated heterocycles. The van der Waals surface area contributed by atoms with E-state index < -0.39 is 5.41 Å². The lowest BCUT2D eigenvalue weighted by atomic mass is 9.76. The zero-order valence-electron chi connectivity index (χ0n) is 9.62. The van der Waals surface area contributed by atoms with E-state index in [-0.39, 0.29) is 5.97 Å². The highest BCUT2D eigenvalue weighted by molar-refractivity contribution is 6.07. The Morgan fingerprint density at radius 1 is 1.27 bits per heavy atom. The second-order valence-electron chi connectivity index (χ2n) is 3.65. The van der Waals surface area contributed by atoms with E-state index in [0.717, 1.165) is 18.4 Å². The first-order valence-corrected chi connectivity index (χ1v) is 6.16. The van der Waals surface area contributed by atoms with E-state index in [1.54, 1.807) is 0 Å². The van der Waals surface area contributed by atoms with Gasteiger partial charge in [-0.3, -0.25) is 4.79 Å². The zero-order chi connectivity index (χ0) is 11.3. The van der Waals surface area contributed by atoms with Crippen LogP contribution in [0.1, 0.15) is 32.3 Å². The highest BCUT2D eigenvalue weighted by atomic mass is 28.2. The Morgan fingerprint density at radius 3 is 2.20 bits per heavy atom. The fraction of sp³-hybridized carbons (Fsp3) is 0.417. The van der Waals surface area contributed by atoms with Gasteiger partial charge in [0, 0.05) is 0 Å². The van der Waals surface area contributed by atoms with E-state index >= 15 is 0 Å². The smallest absolute Gasteiger partial charge is 0.302 e. The molecule has 0 fully saturated rings. The predicted octanol–water partition coefficient (Wildman–Crippen LogP) is 1.57. The summed E-state index contributed by atoms with van der Waals surface area (Å²) in [6.07, 6.45) is 1.57. The zero-order valence-corrected chi connectivity index (χ0v) is 11.6. The minimum Gasteiger partial charge on any atom is -0.528 e. The molecule has 0 heterocycles. The number of carbonyl (C=O) groups is 1. The largest absolute Gasteiger partial charge is 0.528 e. The van der Waals surface area contributed by atoms with Crippen LogP contribution in [0.3, 0.4) is 0 Å². The molecule has 2 nitrogen and oxygen atoms in total. The maximum Gasteiger partial charge on any atom is 0.302 e. The summed E-state index contributed by atoms with van der Waals surface area (Å²) in [5.74, 6) is -0.0784. The molecule has 0 spiro atoms. The van der Waals surface area contributed by atoms with Crippen LogP contribution in [0.5, 0.6) is 0 Å². The van der Waals surface area contributed by atoms with Gasteiger partial charge in [0.1, 0.15) is 0 Å². The summed E-state index contributed by atoms with van der Waals surface area (Å²) in [6.45, 7) is 4.07. The van der Waals surface area contributed by atoms with Crippen molar-refractivity contribution in [2.75, 3.05) is 0 Å². The first kappa shape index (κ1) is 12.0. The first-order chi connectivity index (χ1) is 7.21. The van der Waals surface area contributed by atoms with Gasteiger partial charge in [0.2, 0.25) is 10.5 Å². The average molecular weight is 222 g/mol. The van der Waals surface area contributed by atoms with E-state index in [4.69, 9.17) is 4.43 Å². The molecule has 0 aliphatic carbocycles. The summed E-state index contributed by atoms with van der Waals surface area (Å²) < 4.78 is 5.05.